The topological polar surface area (TPSA) is 74.6 Å². The summed E-state index contributed by atoms with van der Waals surface area (Å²) in [5.41, 5.74) is 0.127. The molecule has 0 bridgehead atoms. The van der Waals surface area contributed by atoms with Crippen LogP contribution in [0.4, 0.5) is 0 Å². The van der Waals surface area contributed by atoms with Crippen LogP contribution >= 0.6 is 7.37 Å². The summed E-state index contributed by atoms with van der Waals surface area (Å²) in [7, 11) is -3.32. The van der Waals surface area contributed by atoms with Gasteiger partial charge in [-0.2, -0.15) is 0 Å². The number of carboxylic acid groups (broad SMARTS) is 1. The number of hydrogen-bond acceptors (Lipinski definition) is 2. The van der Waals surface area contributed by atoms with E-state index in [2.05, 4.69) is 0 Å². The fourth-order valence-electron chi connectivity index (χ4n) is 1.62. The summed E-state index contributed by atoms with van der Waals surface area (Å²) < 4.78 is 11.7. The minimum atomic E-state index is -3.32. The van der Waals surface area contributed by atoms with Gasteiger partial charge in [-0.15, -0.1) is 0 Å². The van der Waals surface area contributed by atoms with Gasteiger partial charge in [-0.3, -0.25) is 9.36 Å². The lowest BCUT2D eigenvalue weighted by molar-refractivity contribution is -0.137. The molecular formula is C11H15O4P. The first-order valence-electron chi connectivity index (χ1n) is 4.98. The quantitative estimate of drug-likeness (QED) is 0.778. The molecule has 0 aromatic heterocycles. The summed E-state index contributed by atoms with van der Waals surface area (Å²) >= 11 is 0. The standard InChI is InChI=1S/C11H15O4P/c1-16(14,15)10(7-8-11(12)13)9-5-3-2-4-6-9/h2-6,10H,7-8H2,1H3,(H,12,13)(H,14,15). The molecule has 0 spiro atoms. The van der Waals surface area contributed by atoms with Crippen molar-refractivity contribution in [1.82, 2.24) is 0 Å². The molecular weight excluding hydrogens is 227 g/mol. The van der Waals surface area contributed by atoms with Crippen LogP contribution in [0.3, 0.4) is 0 Å². The maximum absolute atomic E-state index is 11.7. The smallest absolute Gasteiger partial charge is 0.303 e. The molecule has 1 aromatic rings. The van der Waals surface area contributed by atoms with Crippen molar-refractivity contribution in [2.75, 3.05) is 6.66 Å². The number of carbonyl (C=O) groups is 1. The Hall–Kier alpha value is -1.12. The van der Waals surface area contributed by atoms with Crippen LogP contribution in [-0.4, -0.2) is 22.6 Å². The third-order valence-electron chi connectivity index (χ3n) is 2.39. The van der Waals surface area contributed by atoms with Gasteiger partial charge in [-0.1, -0.05) is 30.3 Å². The zero-order chi connectivity index (χ0) is 12.2. The molecule has 0 saturated heterocycles. The molecule has 0 aliphatic carbocycles. The highest BCUT2D eigenvalue weighted by Crippen LogP contribution is 2.54. The molecule has 0 aliphatic heterocycles. The Morgan fingerprint density at radius 3 is 2.38 bits per heavy atom. The third-order valence-corrected chi connectivity index (χ3v) is 4.11. The lowest BCUT2D eigenvalue weighted by atomic mass is 10.1. The number of benzene rings is 1. The zero-order valence-corrected chi connectivity index (χ0v) is 9.93. The van der Waals surface area contributed by atoms with Crippen LogP contribution in [-0.2, 0) is 9.36 Å². The molecule has 0 amide bonds. The molecule has 0 radical (unpaired) electrons. The Balaban J connectivity index is 2.89. The second kappa shape index (κ2) is 5.28. The van der Waals surface area contributed by atoms with Gasteiger partial charge in [0.1, 0.15) is 0 Å². The lowest BCUT2D eigenvalue weighted by Gasteiger charge is -2.19. The van der Waals surface area contributed by atoms with Crippen molar-refractivity contribution in [3.05, 3.63) is 35.9 Å². The van der Waals surface area contributed by atoms with E-state index in [1.54, 1.807) is 24.3 Å². The molecule has 0 fully saturated rings. The summed E-state index contributed by atoms with van der Waals surface area (Å²) in [6.07, 6.45) is 0.0849. The highest BCUT2D eigenvalue weighted by atomic mass is 31.2. The Morgan fingerprint density at radius 2 is 1.94 bits per heavy atom. The highest BCUT2D eigenvalue weighted by molar-refractivity contribution is 7.57. The second-order valence-corrected chi connectivity index (χ2v) is 6.31. The van der Waals surface area contributed by atoms with Crippen LogP contribution in [0.25, 0.3) is 0 Å². The van der Waals surface area contributed by atoms with Crippen molar-refractivity contribution in [1.29, 1.82) is 0 Å². The molecule has 4 nitrogen and oxygen atoms in total. The predicted molar refractivity (Wildman–Crippen MR) is 61.8 cm³/mol. The van der Waals surface area contributed by atoms with Gasteiger partial charge in [-0.05, 0) is 12.0 Å². The number of hydrogen-bond donors (Lipinski definition) is 2. The van der Waals surface area contributed by atoms with E-state index in [4.69, 9.17) is 5.11 Å². The molecule has 16 heavy (non-hydrogen) atoms. The maximum Gasteiger partial charge on any atom is 0.303 e. The summed E-state index contributed by atoms with van der Waals surface area (Å²) in [5.74, 6) is -0.950. The Bertz CT molecular complexity index is 396. The van der Waals surface area contributed by atoms with Crippen molar-refractivity contribution in [2.45, 2.75) is 18.5 Å². The van der Waals surface area contributed by atoms with Crippen molar-refractivity contribution in [3.8, 4) is 0 Å². The van der Waals surface area contributed by atoms with Crippen molar-refractivity contribution >= 4 is 13.3 Å². The van der Waals surface area contributed by atoms with Gasteiger partial charge in [0.2, 0.25) is 7.37 Å². The molecule has 0 aliphatic rings. The van der Waals surface area contributed by atoms with Crippen molar-refractivity contribution in [3.63, 3.8) is 0 Å². The largest absolute Gasteiger partial charge is 0.481 e. The summed E-state index contributed by atoms with van der Waals surface area (Å²) in [6, 6.07) is 8.87. The first-order valence-corrected chi connectivity index (χ1v) is 7.15. The average Bonchev–Trinajstić information content (AvgIpc) is 2.17. The van der Waals surface area contributed by atoms with Crippen LogP contribution < -0.4 is 0 Å². The molecule has 2 unspecified atom stereocenters. The van der Waals surface area contributed by atoms with E-state index in [0.717, 1.165) is 5.56 Å². The van der Waals surface area contributed by atoms with Gasteiger partial charge in [0, 0.05) is 13.1 Å². The van der Waals surface area contributed by atoms with E-state index in [9.17, 15) is 14.3 Å². The summed E-state index contributed by atoms with van der Waals surface area (Å²) in [6.45, 7) is 1.27. The molecule has 1 aromatic carbocycles. The van der Waals surface area contributed by atoms with Gasteiger partial charge in [0.15, 0.2) is 0 Å². The molecule has 1 rings (SSSR count). The van der Waals surface area contributed by atoms with Gasteiger partial charge in [-0.25, -0.2) is 0 Å². The van der Waals surface area contributed by atoms with Gasteiger partial charge in [0.05, 0.1) is 5.66 Å². The maximum atomic E-state index is 11.7. The third kappa shape index (κ3) is 3.80. The molecule has 2 N–H and O–H groups in total. The SMILES string of the molecule is CP(=O)(O)C(CCC(=O)O)c1ccccc1. The second-order valence-electron chi connectivity index (χ2n) is 3.80. The first-order chi connectivity index (χ1) is 7.41. The summed E-state index contributed by atoms with van der Waals surface area (Å²) in [4.78, 5) is 20.1. The first kappa shape index (κ1) is 12.9. The molecule has 2 atom stereocenters. The fraction of sp³-hybridized carbons (Fsp3) is 0.364. The fourth-order valence-corrected chi connectivity index (χ4v) is 2.95. The molecule has 0 heterocycles. The van der Waals surface area contributed by atoms with Crippen LogP contribution in [0.2, 0.25) is 0 Å². The molecule has 88 valence electrons. The monoisotopic (exact) mass is 242 g/mol. The normalized spacial score (nSPS) is 16.4. The Morgan fingerprint density at radius 1 is 1.38 bits per heavy atom. The van der Waals surface area contributed by atoms with Crippen LogP contribution in [0.5, 0.6) is 0 Å². The minimum Gasteiger partial charge on any atom is -0.481 e. The molecule has 0 saturated carbocycles. The lowest BCUT2D eigenvalue weighted by Crippen LogP contribution is -2.03. The van der Waals surface area contributed by atoms with E-state index < -0.39 is 19.0 Å². The van der Waals surface area contributed by atoms with Crippen molar-refractivity contribution < 1.29 is 19.4 Å². The molecule has 5 heteroatoms. The zero-order valence-electron chi connectivity index (χ0n) is 9.04. The van der Waals surface area contributed by atoms with Gasteiger partial charge < -0.3 is 10.00 Å². The Kier molecular flexibility index (Phi) is 4.27. The van der Waals surface area contributed by atoms with Crippen LogP contribution in [0, 0.1) is 0 Å². The van der Waals surface area contributed by atoms with Crippen molar-refractivity contribution in [2.24, 2.45) is 0 Å². The van der Waals surface area contributed by atoms with E-state index in [1.807, 2.05) is 6.07 Å². The van der Waals surface area contributed by atoms with E-state index >= 15 is 0 Å². The van der Waals surface area contributed by atoms with Crippen LogP contribution in [0.15, 0.2) is 30.3 Å². The minimum absolute atomic E-state index is 0.0993. The predicted octanol–water partition coefficient (Wildman–Crippen LogP) is 2.49. The highest BCUT2D eigenvalue weighted by Gasteiger charge is 2.27. The van der Waals surface area contributed by atoms with E-state index in [1.165, 1.54) is 6.66 Å². The Labute approximate surface area is 94.4 Å². The summed E-state index contributed by atoms with van der Waals surface area (Å²) in [5, 5.41) is 8.60. The number of rotatable bonds is 5. The average molecular weight is 242 g/mol. The number of carboxylic acids is 1. The van der Waals surface area contributed by atoms with Gasteiger partial charge in [0.25, 0.3) is 0 Å². The number of aliphatic carboxylic acids is 1. The van der Waals surface area contributed by atoms with E-state index in [-0.39, 0.29) is 12.8 Å². The van der Waals surface area contributed by atoms with Crippen LogP contribution in [0.1, 0.15) is 24.1 Å². The van der Waals surface area contributed by atoms with Gasteiger partial charge >= 0.3 is 5.97 Å². The van der Waals surface area contributed by atoms with E-state index in [0.29, 0.717) is 0 Å².